The highest BCUT2D eigenvalue weighted by atomic mass is 32.2. The second kappa shape index (κ2) is 7.79. The van der Waals surface area contributed by atoms with Gasteiger partial charge in [-0.15, -0.1) is 0 Å². The lowest BCUT2D eigenvalue weighted by atomic mass is 10.1. The molecule has 0 radical (unpaired) electrons. The largest absolute Gasteiger partial charge is 0.496 e. The summed E-state index contributed by atoms with van der Waals surface area (Å²) in [4.78, 5) is 4.72. The van der Waals surface area contributed by atoms with Crippen LogP contribution in [0.1, 0.15) is 5.56 Å². The molecule has 0 spiro atoms. The van der Waals surface area contributed by atoms with Gasteiger partial charge in [-0.05, 0) is 36.4 Å². The predicted octanol–water partition coefficient (Wildman–Crippen LogP) is 4.43. The quantitative estimate of drug-likeness (QED) is 0.427. The fraction of sp³-hybridized carbons (Fsp3) is 0.182. The number of hydrogen-bond acceptors (Lipinski definition) is 7. The van der Waals surface area contributed by atoms with Gasteiger partial charge in [0.1, 0.15) is 16.5 Å². The second-order valence-corrected chi connectivity index (χ2v) is 7.58. The molecule has 0 bridgehead atoms. The Morgan fingerprint density at radius 1 is 1.00 bits per heavy atom. The van der Waals surface area contributed by atoms with Crippen LogP contribution in [0.25, 0.3) is 16.9 Å². The third-order valence-corrected chi connectivity index (χ3v) is 5.79. The Morgan fingerprint density at radius 2 is 1.87 bits per heavy atom. The average molecular weight is 421 g/mol. The summed E-state index contributed by atoms with van der Waals surface area (Å²) >= 11 is 1.63. The van der Waals surface area contributed by atoms with Crippen molar-refractivity contribution in [3.05, 3.63) is 60.2 Å². The molecule has 0 unspecified atom stereocenters. The summed E-state index contributed by atoms with van der Waals surface area (Å²) in [5.41, 5.74) is 3.41. The smallest absolute Gasteiger partial charge is 0.243 e. The van der Waals surface area contributed by atoms with Gasteiger partial charge in [0.05, 0.1) is 14.2 Å². The van der Waals surface area contributed by atoms with E-state index in [0.29, 0.717) is 23.0 Å². The van der Waals surface area contributed by atoms with E-state index in [-0.39, 0.29) is 6.79 Å². The lowest BCUT2D eigenvalue weighted by Gasteiger charge is -2.08. The number of fused-ring (bicyclic) bond motifs is 2. The van der Waals surface area contributed by atoms with Crippen molar-refractivity contribution in [2.75, 3.05) is 21.0 Å². The Morgan fingerprint density at radius 3 is 2.73 bits per heavy atom. The first-order chi connectivity index (χ1) is 14.8. The predicted molar refractivity (Wildman–Crippen MR) is 114 cm³/mol. The van der Waals surface area contributed by atoms with Crippen molar-refractivity contribution in [1.29, 1.82) is 0 Å². The van der Waals surface area contributed by atoms with Gasteiger partial charge in [0.25, 0.3) is 0 Å². The molecule has 0 saturated carbocycles. The number of hydrogen-bond donors (Lipinski definition) is 0. The van der Waals surface area contributed by atoms with Crippen molar-refractivity contribution in [2.24, 2.45) is 0 Å². The van der Waals surface area contributed by atoms with Crippen molar-refractivity contribution >= 4 is 17.4 Å². The van der Waals surface area contributed by atoms with E-state index in [4.69, 9.17) is 29.0 Å². The minimum Gasteiger partial charge on any atom is -0.496 e. The van der Waals surface area contributed by atoms with Crippen LogP contribution >= 0.6 is 11.8 Å². The topological polar surface area (TPSA) is 67.1 Å². The zero-order valence-corrected chi connectivity index (χ0v) is 17.3. The van der Waals surface area contributed by atoms with Crippen molar-refractivity contribution in [2.45, 2.75) is 10.8 Å². The normalized spacial score (nSPS) is 12.3. The number of benzene rings is 2. The molecule has 8 heteroatoms. The van der Waals surface area contributed by atoms with Crippen molar-refractivity contribution in [3.8, 4) is 34.4 Å². The maximum Gasteiger partial charge on any atom is 0.243 e. The fourth-order valence-electron chi connectivity index (χ4n) is 3.36. The van der Waals surface area contributed by atoms with Crippen LogP contribution in [0.2, 0.25) is 0 Å². The number of methoxy groups -OCH3 is 2. The third-order valence-electron chi connectivity index (χ3n) is 4.82. The Labute approximate surface area is 177 Å². The van der Waals surface area contributed by atoms with Gasteiger partial charge in [0.2, 0.25) is 12.7 Å². The minimum atomic E-state index is 0.232. The molecule has 152 valence electrons. The lowest BCUT2D eigenvalue weighted by Crippen LogP contribution is -1.98. The highest BCUT2D eigenvalue weighted by Crippen LogP contribution is 2.38. The maximum absolute atomic E-state index is 5.66. The molecule has 0 atom stereocenters. The average Bonchev–Trinajstić information content (AvgIpc) is 3.41. The zero-order chi connectivity index (χ0) is 20.5. The zero-order valence-electron chi connectivity index (χ0n) is 16.5. The summed E-state index contributed by atoms with van der Waals surface area (Å²) in [6, 6.07) is 17.6. The van der Waals surface area contributed by atoms with Crippen LogP contribution in [0.15, 0.2) is 59.6 Å². The first kappa shape index (κ1) is 18.6. The highest BCUT2D eigenvalue weighted by Gasteiger charge is 2.20. The number of ether oxygens (including phenoxy) is 4. The number of aromatic nitrogens is 3. The molecule has 2 aromatic heterocycles. The fourth-order valence-corrected chi connectivity index (χ4v) is 4.21. The monoisotopic (exact) mass is 421 g/mol. The van der Waals surface area contributed by atoms with E-state index < -0.39 is 0 Å². The van der Waals surface area contributed by atoms with Crippen LogP contribution in [-0.4, -0.2) is 35.6 Å². The van der Waals surface area contributed by atoms with Gasteiger partial charge < -0.3 is 18.9 Å². The van der Waals surface area contributed by atoms with Crippen molar-refractivity contribution in [1.82, 2.24) is 14.6 Å². The van der Waals surface area contributed by atoms with E-state index in [1.54, 1.807) is 30.5 Å². The molecule has 0 saturated heterocycles. The molecule has 0 amide bonds. The van der Waals surface area contributed by atoms with Crippen LogP contribution in [0.3, 0.4) is 0 Å². The Hall–Kier alpha value is -3.39. The van der Waals surface area contributed by atoms with E-state index in [9.17, 15) is 0 Å². The molecule has 2 aromatic carbocycles. The number of imidazole rings is 1. The van der Waals surface area contributed by atoms with Gasteiger partial charge in [-0.25, -0.2) is 4.98 Å². The molecule has 3 heterocycles. The summed E-state index contributed by atoms with van der Waals surface area (Å²) in [5, 5.41) is 5.59. The third kappa shape index (κ3) is 3.29. The minimum absolute atomic E-state index is 0.232. The first-order valence-electron chi connectivity index (χ1n) is 9.35. The summed E-state index contributed by atoms with van der Waals surface area (Å²) in [7, 11) is 3.30. The standard InChI is InChI=1S/C22H19N3O4S/c1-26-16-6-4-3-5-15(16)12-30-20-10-9-19-23-21(22(27-2)25(19)24-20)14-7-8-17-18(11-14)29-13-28-17/h3-11H,12-13H2,1-2H3. The number of para-hydroxylation sites is 1. The summed E-state index contributed by atoms with van der Waals surface area (Å²) in [6.07, 6.45) is 0. The number of thioether (sulfide) groups is 1. The van der Waals surface area contributed by atoms with Gasteiger partial charge >= 0.3 is 0 Å². The van der Waals surface area contributed by atoms with E-state index in [1.807, 2.05) is 48.5 Å². The van der Waals surface area contributed by atoms with E-state index in [1.165, 1.54) is 0 Å². The van der Waals surface area contributed by atoms with Gasteiger partial charge in [0, 0.05) is 16.9 Å². The molecule has 0 aliphatic carbocycles. The van der Waals surface area contributed by atoms with Crippen LogP contribution < -0.4 is 18.9 Å². The van der Waals surface area contributed by atoms with Crippen LogP contribution in [-0.2, 0) is 5.75 Å². The molecule has 7 nitrogen and oxygen atoms in total. The van der Waals surface area contributed by atoms with E-state index in [0.717, 1.165) is 33.4 Å². The number of nitrogens with zero attached hydrogens (tertiary/aromatic N) is 3. The Bertz CT molecular complexity index is 1220. The molecule has 1 aliphatic rings. The molecular weight excluding hydrogens is 402 g/mol. The molecule has 1 aliphatic heterocycles. The van der Waals surface area contributed by atoms with Crippen molar-refractivity contribution in [3.63, 3.8) is 0 Å². The molecule has 0 fully saturated rings. The van der Waals surface area contributed by atoms with E-state index >= 15 is 0 Å². The van der Waals surface area contributed by atoms with Crippen LogP contribution in [0.5, 0.6) is 23.1 Å². The molecule has 30 heavy (non-hydrogen) atoms. The Kier molecular flexibility index (Phi) is 4.84. The van der Waals surface area contributed by atoms with Crippen LogP contribution in [0.4, 0.5) is 0 Å². The summed E-state index contributed by atoms with van der Waals surface area (Å²) in [5.74, 6) is 3.62. The molecule has 5 rings (SSSR count). The van der Waals surface area contributed by atoms with E-state index in [2.05, 4.69) is 6.07 Å². The van der Waals surface area contributed by atoms with Gasteiger partial charge in [-0.1, -0.05) is 30.0 Å². The van der Waals surface area contributed by atoms with Gasteiger partial charge in [-0.2, -0.15) is 9.61 Å². The summed E-state index contributed by atoms with van der Waals surface area (Å²) in [6.45, 7) is 0.232. The molecular formula is C22H19N3O4S. The SMILES string of the molecule is COc1ccccc1CSc1ccc2nc(-c3ccc4c(c3)OCO4)c(OC)n2n1. The Balaban J connectivity index is 1.47. The van der Waals surface area contributed by atoms with Crippen molar-refractivity contribution < 1.29 is 18.9 Å². The maximum atomic E-state index is 5.66. The van der Waals surface area contributed by atoms with Crippen LogP contribution in [0, 0.1) is 0 Å². The summed E-state index contributed by atoms with van der Waals surface area (Å²) < 4.78 is 23.7. The molecule has 4 aromatic rings. The van der Waals surface area contributed by atoms with Gasteiger partial charge in [-0.3, -0.25) is 0 Å². The second-order valence-electron chi connectivity index (χ2n) is 6.58. The highest BCUT2D eigenvalue weighted by molar-refractivity contribution is 7.98. The van der Waals surface area contributed by atoms with Gasteiger partial charge in [0.15, 0.2) is 17.1 Å². The molecule has 0 N–H and O–H groups in total. The lowest BCUT2D eigenvalue weighted by molar-refractivity contribution is 0.174. The number of rotatable bonds is 6. The first-order valence-corrected chi connectivity index (χ1v) is 10.3.